The van der Waals surface area contributed by atoms with Crippen LogP contribution in [0, 0.1) is 5.82 Å². The van der Waals surface area contributed by atoms with Crippen LogP contribution in [-0.4, -0.2) is 19.8 Å². The highest BCUT2D eigenvalue weighted by atomic mass is 79.9. The van der Waals surface area contributed by atoms with E-state index in [9.17, 15) is 4.39 Å². The molecule has 2 aromatic carbocycles. The van der Waals surface area contributed by atoms with Crippen molar-refractivity contribution in [1.82, 2.24) is 0 Å². The molecule has 0 aliphatic rings. The highest BCUT2D eigenvalue weighted by Gasteiger charge is 2.04. The third-order valence-corrected chi connectivity index (χ3v) is 3.26. The molecule has 0 aromatic heterocycles. The van der Waals surface area contributed by atoms with E-state index in [4.69, 9.17) is 14.2 Å². The second kappa shape index (κ2) is 7.88. The van der Waals surface area contributed by atoms with Gasteiger partial charge in [0.25, 0.3) is 0 Å². The summed E-state index contributed by atoms with van der Waals surface area (Å²) in [5, 5.41) is 0. The van der Waals surface area contributed by atoms with Crippen LogP contribution in [0.3, 0.4) is 0 Å². The number of halogens is 2. The van der Waals surface area contributed by atoms with E-state index in [0.717, 1.165) is 0 Å². The van der Waals surface area contributed by atoms with Gasteiger partial charge in [0.1, 0.15) is 24.8 Å². The van der Waals surface area contributed by atoms with Gasteiger partial charge >= 0.3 is 0 Å². The van der Waals surface area contributed by atoms with Gasteiger partial charge in [-0.3, -0.25) is 0 Å². The van der Waals surface area contributed by atoms with E-state index in [1.807, 2.05) is 31.2 Å². The van der Waals surface area contributed by atoms with Crippen LogP contribution < -0.4 is 14.2 Å². The van der Waals surface area contributed by atoms with Crippen molar-refractivity contribution in [1.29, 1.82) is 0 Å². The van der Waals surface area contributed by atoms with Crippen molar-refractivity contribution in [2.24, 2.45) is 0 Å². The van der Waals surface area contributed by atoms with Gasteiger partial charge in [0.05, 0.1) is 11.1 Å². The molecule has 0 saturated heterocycles. The van der Waals surface area contributed by atoms with Gasteiger partial charge in [0, 0.05) is 0 Å². The Bertz CT molecular complexity index is 589. The summed E-state index contributed by atoms with van der Waals surface area (Å²) in [4.78, 5) is 0. The second-order valence-electron chi connectivity index (χ2n) is 4.15. The Kier molecular flexibility index (Phi) is 5.87. The molecule has 21 heavy (non-hydrogen) atoms. The quantitative estimate of drug-likeness (QED) is 0.687. The molecule has 0 bridgehead atoms. The Morgan fingerprint density at radius 2 is 1.62 bits per heavy atom. The van der Waals surface area contributed by atoms with Crippen LogP contribution in [0.15, 0.2) is 46.9 Å². The fourth-order valence-corrected chi connectivity index (χ4v) is 2.08. The first kappa shape index (κ1) is 15.6. The minimum atomic E-state index is -0.316. The predicted octanol–water partition coefficient (Wildman–Crippen LogP) is 4.44. The first-order valence-electron chi connectivity index (χ1n) is 6.63. The summed E-state index contributed by atoms with van der Waals surface area (Å²) < 4.78 is 30.1. The van der Waals surface area contributed by atoms with Crippen molar-refractivity contribution in [3.8, 4) is 17.2 Å². The molecule has 0 radical (unpaired) electrons. The molecule has 0 heterocycles. The van der Waals surface area contributed by atoms with Gasteiger partial charge in [0.2, 0.25) is 0 Å². The zero-order chi connectivity index (χ0) is 15.1. The Hall–Kier alpha value is -1.75. The molecule has 0 N–H and O–H groups in total. The molecule has 5 heteroatoms. The minimum Gasteiger partial charge on any atom is -0.490 e. The van der Waals surface area contributed by atoms with Crippen molar-refractivity contribution in [2.45, 2.75) is 6.92 Å². The normalized spacial score (nSPS) is 10.2. The standard InChI is InChI=1S/C16H16BrFO3/c1-2-19-15-5-3-4-6-16(15)21-10-9-20-12-7-8-14(18)13(17)11-12/h3-8,11H,2,9-10H2,1H3. The lowest BCUT2D eigenvalue weighted by Gasteiger charge is -2.12. The SMILES string of the molecule is CCOc1ccccc1OCCOc1ccc(F)c(Br)c1. The van der Waals surface area contributed by atoms with Crippen molar-refractivity contribution in [3.63, 3.8) is 0 Å². The smallest absolute Gasteiger partial charge is 0.161 e. The molecule has 0 fully saturated rings. The first-order chi connectivity index (χ1) is 10.2. The van der Waals surface area contributed by atoms with Crippen LogP contribution in [0.4, 0.5) is 4.39 Å². The highest BCUT2D eigenvalue weighted by molar-refractivity contribution is 9.10. The van der Waals surface area contributed by atoms with Gasteiger partial charge in [-0.1, -0.05) is 12.1 Å². The molecule has 0 spiro atoms. The van der Waals surface area contributed by atoms with Gasteiger partial charge in [-0.05, 0) is 53.2 Å². The van der Waals surface area contributed by atoms with E-state index in [1.54, 1.807) is 12.1 Å². The van der Waals surface area contributed by atoms with Gasteiger partial charge in [0.15, 0.2) is 11.5 Å². The molecule has 0 amide bonds. The summed E-state index contributed by atoms with van der Waals surface area (Å²) in [6, 6.07) is 12.0. The average molecular weight is 355 g/mol. The second-order valence-corrected chi connectivity index (χ2v) is 5.01. The van der Waals surface area contributed by atoms with E-state index in [-0.39, 0.29) is 5.82 Å². The van der Waals surface area contributed by atoms with Crippen molar-refractivity contribution < 1.29 is 18.6 Å². The lowest BCUT2D eigenvalue weighted by atomic mass is 10.3. The van der Waals surface area contributed by atoms with E-state index < -0.39 is 0 Å². The van der Waals surface area contributed by atoms with Crippen LogP contribution >= 0.6 is 15.9 Å². The molecular formula is C16H16BrFO3. The zero-order valence-corrected chi connectivity index (χ0v) is 13.2. The van der Waals surface area contributed by atoms with E-state index in [2.05, 4.69) is 15.9 Å². The van der Waals surface area contributed by atoms with Crippen molar-refractivity contribution in [3.05, 3.63) is 52.8 Å². The number of para-hydroxylation sites is 2. The first-order valence-corrected chi connectivity index (χ1v) is 7.42. The number of ether oxygens (including phenoxy) is 3. The number of benzene rings is 2. The van der Waals surface area contributed by atoms with Crippen LogP contribution in [0.2, 0.25) is 0 Å². The molecule has 0 aliphatic carbocycles. The summed E-state index contributed by atoms with van der Waals surface area (Å²) in [6.45, 7) is 3.24. The Morgan fingerprint density at radius 1 is 0.952 bits per heavy atom. The molecule has 0 unspecified atom stereocenters. The Labute approximate surface area is 131 Å². The lowest BCUT2D eigenvalue weighted by Crippen LogP contribution is -2.09. The maximum absolute atomic E-state index is 13.1. The molecular weight excluding hydrogens is 339 g/mol. The third-order valence-electron chi connectivity index (χ3n) is 2.65. The van der Waals surface area contributed by atoms with Crippen LogP contribution in [-0.2, 0) is 0 Å². The van der Waals surface area contributed by atoms with Gasteiger partial charge in [-0.25, -0.2) is 4.39 Å². The molecule has 2 aromatic rings. The topological polar surface area (TPSA) is 27.7 Å². The largest absolute Gasteiger partial charge is 0.490 e. The molecule has 3 nitrogen and oxygen atoms in total. The predicted molar refractivity (Wildman–Crippen MR) is 82.7 cm³/mol. The summed E-state index contributed by atoms with van der Waals surface area (Å²) in [5.41, 5.74) is 0. The number of hydrogen-bond acceptors (Lipinski definition) is 3. The van der Waals surface area contributed by atoms with Gasteiger partial charge in [-0.15, -0.1) is 0 Å². The summed E-state index contributed by atoms with van der Waals surface area (Å²) in [5.74, 6) is 1.67. The number of rotatable bonds is 7. The summed E-state index contributed by atoms with van der Waals surface area (Å²) in [7, 11) is 0. The third kappa shape index (κ3) is 4.63. The minimum absolute atomic E-state index is 0.316. The fraction of sp³-hybridized carbons (Fsp3) is 0.250. The van der Waals surface area contributed by atoms with Gasteiger partial charge < -0.3 is 14.2 Å². The van der Waals surface area contributed by atoms with Crippen molar-refractivity contribution in [2.75, 3.05) is 19.8 Å². The molecule has 112 valence electrons. The number of hydrogen-bond donors (Lipinski definition) is 0. The van der Waals surface area contributed by atoms with E-state index >= 15 is 0 Å². The van der Waals surface area contributed by atoms with E-state index in [1.165, 1.54) is 6.07 Å². The molecule has 0 atom stereocenters. The molecule has 2 rings (SSSR count). The van der Waals surface area contributed by atoms with Crippen molar-refractivity contribution >= 4 is 15.9 Å². The van der Waals surface area contributed by atoms with E-state index in [0.29, 0.717) is 41.5 Å². The van der Waals surface area contributed by atoms with Crippen LogP contribution in [0.25, 0.3) is 0 Å². The fourth-order valence-electron chi connectivity index (χ4n) is 1.72. The maximum Gasteiger partial charge on any atom is 0.161 e. The lowest BCUT2D eigenvalue weighted by molar-refractivity contribution is 0.208. The van der Waals surface area contributed by atoms with Crippen LogP contribution in [0.1, 0.15) is 6.92 Å². The monoisotopic (exact) mass is 354 g/mol. The van der Waals surface area contributed by atoms with Gasteiger partial charge in [-0.2, -0.15) is 0 Å². The zero-order valence-electron chi connectivity index (χ0n) is 11.6. The highest BCUT2D eigenvalue weighted by Crippen LogP contribution is 2.26. The molecule has 0 aliphatic heterocycles. The Balaban J connectivity index is 1.83. The molecule has 0 saturated carbocycles. The average Bonchev–Trinajstić information content (AvgIpc) is 2.49. The Morgan fingerprint density at radius 3 is 2.29 bits per heavy atom. The van der Waals surface area contributed by atoms with Crippen LogP contribution in [0.5, 0.6) is 17.2 Å². The summed E-state index contributed by atoms with van der Waals surface area (Å²) in [6.07, 6.45) is 0. The summed E-state index contributed by atoms with van der Waals surface area (Å²) >= 11 is 3.12. The maximum atomic E-state index is 13.1.